The van der Waals surface area contributed by atoms with E-state index >= 15 is 0 Å². The Morgan fingerprint density at radius 3 is 2.75 bits per heavy atom. The maximum absolute atomic E-state index is 12.3. The SMILES string of the molecule is CCOC(=O)C1(c2nc3c(C)cc(C)cc3[nH]2)CCC1. The Balaban J connectivity index is 2.09. The van der Waals surface area contributed by atoms with Crippen LogP contribution in [0.2, 0.25) is 0 Å². The molecule has 106 valence electrons. The molecule has 4 heteroatoms. The maximum Gasteiger partial charge on any atom is 0.319 e. The lowest BCUT2D eigenvalue weighted by Crippen LogP contribution is -2.44. The van der Waals surface area contributed by atoms with Crippen molar-refractivity contribution < 1.29 is 9.53 Å². The van der Waals surface area contributed by atoms with Gasteiger partial charge in [-0.3, -0.25) is 4.79 Å². The maximum atomic E-state index is 12.3. The number of imidazole rings is 1. The first-order valence-corrected chi connectivity index (χ1v) is 7.21. The van der Waals surface area contributed by atoms with Gasteiger partial charge in [-0.2, -0.15) is 0 Å². The van der Waals surface area contributed by atoms with Crippen LogP contribution in [-0.4, -0.2) is 22.5 Å². The van der Waals surface area contributed by atoms with E-state index in [1.807, 2.05) is 6.92 Å². The van der Waals surface area contributed by atoms with Crippen molar-refractivity contribution in [1.82, 2.24) is 9.97 Å². The second-order valence-corrected chi connectivity index (χ2v) is 5.72. The number of hydrogen-bond donors (Lipinski definition) is 1. The summed E-state index contributed by atoms with van der Waals surface area (Å²) in [5.74, 6) is 0.630. The molecule has 0 spiro atoms. The first kappa shape index (κ1) is 13.2. The number of carbonyl (C=O) groups excluding carboxylic acids is 1. The smallest absolute Gasteiger partial charge is 0.319 e. The first-order valence-electron chi connectivity index (χ1n) is 7.21. The summed E-state index contributed by atoms with van der Waals surface area (Å²) in [6.45, 7) is 6.38. The number of H-pyrrole nitrogens is 1. The van der Waals surface area contributed by atoms with Crippen molar-refractivity contribution >= 4 is 17.0 Å². The van der Waals surface area contributed by atoms with Crippen LogP contribution < -0.4 is 0 Å². The van der Waals surface area contributed by atoms with E-state index in [9.17, 15) is 4.79 Å². The highest BCUT2D eigenvalue weighted by molar-refractivity contribution is 5.86. The number of carbonyl (C=O) groups is 1. The molecule has 0 unspecified atom stereocenters. The lowest BCUT2D eigenvalue weighted by atomic mass is 9.68. The van der Waals surface area contributed by atoms with E-state index < -0.39 is 5.41 Å². The number of nitrogens with one attached hydrogen (secondary N) is 1. The minimum Gasteiger partial charge on any atom is -0.465 e. The van der Waals surface area contributed by atoms with Gasteiger partial charge in [0.1, 0.15) is 11.2 Å². The third-order valence-electron chi connectivity index (χ3n) is 4.25. The molecule has 0 aliphatic heterocycles. The van der Waals surface area contributed by atoms with Crippen molar-refractivity contribution in [3.63, 3.8) is 0 Å². The number of aromatic nitrogens is 2. The molecule has 0 amide bonds. The summed E-state index contributed by atoms with van der Waals surface area (Å²) in [7, 11) is 0. The first-order chi connectivity index (χ1) is 9.56. The van der Waals surface area contributed by atoms with Gasteiger partial charge in [0, 0.05) is 0 Å². The lowest BCUT2D eigenvalue weighted by Gasteiger charge is -2.37. The molecule has 0 saturated heterocycles. The number of aromatic amines is 1. The summed E-state index contributed by atoms with van der Waals surface area (Å²) in [5, 5.41) is 0. The zero-order valence-electron chi connectivity index (χ0n) is 12.2. The van der Waals surface area contributed by atoms with Crippen molar-refractivity contribution in [2.45, 2.75) is 45.4 Å². The van der Waals surface area contributed by atoms with Gasteiger partial charge in [-0.25, -0.2) is 4.98 Å². The molecular formula is C16H20N2O2. The average Bonchev–Trinajstić information content (AvgIpc) is 2.72. The number of ether oxygens (including phenoxy) is 1. The number of esters is 1. The number of rotatable bonds is 3. The summed E-state index contributed by atoms with van der Waals surface area (Å²) >= 11 is 0. The number of hydrogen-bond acceptors (Lipinski definition) is 3. The molecule has 3 rings (SSSR count). The molecule has 1 aliphatic carbocycles. The van der Waals surface area contributed by atoms with Crippen LogP contribution in [0.15, 0.2) is 12.1 Å². The van der Waals surface area contributed by atoms with Gasteiger partial charge in [0.15, 0.2) is 0 Å². The molecule has 4 nitrogen and oxygen atoms in total. The zero-order chi connectivity index (χ0) is 14.3. The van der Waals surface area contributed by atoms with E-state index in [-0.39, 0.29) is 5.97 Å². The quantitative estimate of drug-likeness (QED) is 0.873. The Labute approximate surface area is 118 Å². The molecule has 0 atom stereocenters. The van der Waals surface area contributed by atoms with E-state index in [1.165, 1.54) is 5.56 Å². The van der Waals surface area contributed by atoms with Crippen LogP contribution in [0.3, 0.4) is 0 Å². The van der Waals surface area contributed by atoms with Crippen molar-refractivity contribution in [3.8, 4) is 0 Å². The van der Waals surface area contributed by atoms with E-state index in [1.54, 1.807) is 0 Å². The number of fused-ring (bicyclic) bond motifs is 1. The summed E-state index contributed by atoms with van der Waals surface area (Å²) in [4.78, 5) is 20.3. The average molecular weight is 272 g/mol. The largest absolute Gasteiger partial charge is 0.465 e. The van der Waals surface area contributed by atoms with Crippen LogP contribution in [0.25, 0.3) is 11.0 Å². The molecule has 1 N–H and O–H groups in total. The Morgan fingerprint density at radius 1 is 1.40 bits per heavy atom. The fourth-order valence-corrected chi connectivity index (χ4v) is 3.03. The highest BCUT2D eigenvalue weighted by Crippen LogP contribution is 2.44. The van der Waals surface area contributed by atoms with Gasteiger partial charge in [0.25, 0.3) is 0 Å². The minimum absolute atomic E-state index is 0.139. The fourth-order valence-electron chi connectivity index (χ4n) is 3.03. The molecule has 1 aromatic carbocycles. The molecule has 0 bridgehead atoms. The predicted molar refractivity (Wildman–Crippen MR) is 77.7 cm³/mol. The minimum atomic E-state index is -0.546. The number of nitrogens with zero attached hydrogens (tertiary/aromatic N) is 1. The van der Waals surface area contributed by atoms with Crippen LogP contribution in [-0.2, 0) is 14.9 Å². The monoisotopic (exact) mass is 272 g/mol. The molecule has 1 saturated carbocycles. The second-order valence-electron chi connectivity index (χ2n) is 5.72. The summed E-state index contributed by atoms with van der Waals surface area (Å²) < 4.78 is 5.25. The van der Waals surface area contributed by atoms with Crippen LogP contribution in [0, 0.1) is 13.8 Å². The van der Waals surface area contributed by atoms with Gasteiger partial charge in [0.2, 0.25) is 0 Å². The second kappa shape index (κ2) is 4.62. The molecule has 2 aromatic rings. The zero-order valence-corrected chi connectivity index (χ0v) is 12.2. The van der Waals surface area contributed by atoms with Gasteiger partial charge >= 0.3 is 5.97 Å². The van der Waals surface area contributed by atoms with E-state index in [0.717, 1.165) is 41.7 Å². The third kappa shape index (κ3) is 1.82. The topological polar surface area (TPSA) is 55.0 Å². The standard InChI is InChI=1S/C16H20N2O2/c1-4-20-15(19)16(6-5-7-16)14-17-12-9-10(2)8-11(3)13(12)18-14/h8-9H,4-7H2,1-3H3,(H,17,18). The molecule has 1 aliphatic rings. The highest BCUT2D eigenvalue weighted by Gasteiger charge is 2.49. The van der Waals surface area contributed by atoms with Crippen molar-refractivity contribution in [3.05, 3.63) is 29.1 Å². The van der Waals surface area contributed by atoms with Crippen LogP contribution in [0.4, 0.5) is 0 Å². The van der Waals surface area contributed by atoms with E-state index in [0.29, 0.717) is 6.61 Å². The lowest BCUT2D eigenvalue weighted by molar-refractivity contribution is -0.154. The summed E-state index contributed by atoms with van der Waals surface area (Å²) in [6, 6.07) is 4.20. The Morgan fingerprint density at radius 2 is 2.15 bits per heavy atom. The van der Waals surface area contributed by atoms with Crippen LogP contribution in [0.1, 0.15) is 43.1 Å². The Kier molecular flexibility index (Phi) is 3.04. The third-order valence-corrected chi connectivity index (χ3v) is 4.25. The van der Waals surface area contributed by atoms with Gasteiger partial charge in [-0.1, -0.05) is 12.5 Å². The van der Waals surface area contributed by atoms with Gasteiger partial charge < -0.3 is 9.72 Å². The van der Waals surface area contributed by atoms with E-state index in [4.69, 9.17) is 9.72 Å². The van der Waals surface area contributed by atoms with E-state index in [2.05, 4.69) is 31.0 Å². The van der Waals surface area contributed by atoms with Crippen molar-refractivity contribution in [2.24, 2.45) is 0 Å². The normalized spacial score (nSPS) is 16.9. The molecule has 1 aromatic heterocycles. The number of aryl methyl sites for hydroxylation is 2. The molecule has 1 fully saturated rings. The summed E-state index contributed by atoms with van der Waals surface area (Å²) in [5.41, 5.74) is 3.76. The molecular weight excluding hydrogens is 252 g/mol. The fraction of sp³-hybridized carbons (Fsp3) is 0.500. The molecule has 1 heterocycles. The van der Waals surface area contributed by atoms with Gasteiger partial charge in [-0.05, 0) is 50.8 Å². The molecule has 0 radical (unpaired) electrons. The predicted octanol–water partition coefficient (Wildman–Crippen LogP) is 3.16. The van der Waals surface area contributed by atoms with Gasteiger partial charge in [-0.15, -0.1) is 0 Å². The Hall–Kier alpha value is -1.84. The van der Waals surface area contributed by atoms with Crippen LogP contribution >= 0.6 is 0 Å². The summed E-state index contributed by atoms with van der Waals surface area (Å²) in [6.07, 6.45) is 2.70. The van der Waals surface area contributed by atoms with Crippen molar-refractivity contribution in [2.75, 3.05) is 6.61 Å². The van der Waals surface area contributed by atoms with Crippen LogP contribution in [0.5, 0.6) is 0 Å². The number of benzene rings is 1. The van der Waals surface area contributed by atoms with Gasteiger partial charge in [0.05, 0.1) is 17.6 Å². The highest BCUT2D eigenvalue weighted by atomic mass is 16.5. The van der Waals surface area contributed by atoms with Crippen molar-refractivity contribution in [1.29, 1.82) is 0 Å². The molecule has 20 heavy (non-hydrogen) atoms. The Bertz CT molecular complexity index is 668.